The molecule has 28 heavy (non-hydrogen) atoms. The molecule has 2 bridgehead atoms. The number of carbonyl (C=O) groups excluding carboxylic acids is 1. The second-order valence-corrected chi connectivity index (χ2v) is 7.18. The van der Waals surface area contributed by atoms with E-state index in [0.717, 1.165) is 11.1 Å². The van der Waals surface area contributed by atoms with Crippen LogP contribution in [-0.4, -0.2) is 39.2 Å². The van der Waals surface area contributed by atoms with Gasteiger partial charge in [-0.3, -0.25) is 4.79 Å². The van der Waals surface area contributed by atoms with Crippen LogP contribution in [-0.2, 0) is 17.6 Å². The molecule has 2 aromatic carbocycles. The van der Waals surface area contributed by atoms with Gasteiger partial charge in [-0.1, -0.05) is 0 Å². The molecule has 2 heterocycles. The summed E-state index contributed by atoms with van der Waals surface area (Å²) in [5, 5.41) is 0. The molecule has 0 radical (unpaired) electrons. The van der Waals surface area contributed by atoms with Crippen LogP contribution in [0.15, 0.2) is 24.3 Å². The van der Waals surface area contributed by atoms with Crippen LogP contribution >= 0.6 is 0 Å². The maximum absolute atomic E-state index is 12.6. The molecule has 0 aliphatic carbocycles. The van der Waals surface area contributed by atoms with Crippen molar-refractivity contribution in [2.75, 3.05) is 28.4 Å². The molecular weight excluding hydrogens is 358 g/mol. The fraction of sp³-hybridized carbons (Fsp3) is 0.409. The largest absolute Gasteiger partial charge is 0.493 e. The Hall–Kier alpha value is -2.89. The highest BCUT2D eigenvalue weighted by Gasteiger charge is 2.42. The number of benzene rings is 2. The molecule has 0 N–H and O–H groups in total. The van der Waals surface area contributed by atoms with Crippen molar-refractivity contribution in [2.45, 2.75) is 31.8 Å². The maximum Gasteiger partial charge on any atom is 0.220 e. The molecule has 1 amide bonds. The monoisotopic (exact) mass is 383 g/mol. The fourth-order valence-corrected chi connectivity index (χ4v) is 4.64. The smallest absolute Gasteiger partial charge is 0.220 e. The molecule has 148 valence electrons. The summed E-state index contributed by atoms with van der Waals surface area (Å²) in [6.07, 6.45) is 1.43. The van der Waals surface area contributed by atoms with E-state index in [0.29, 0.717) is 35.8 Å². The number of amides is 1. The minimum absolute atomic E-state index is 0.0448. The normalized spacial score (nSPS) is 19.4. The summed E-state index contributed by atoms with van der Waals surface area (Å²) in [7, 11) is 6.54. The van der Waals surface area contributed by atoms with Crippen LogP contribution in [0, 0.1) is 0 Å². The lowest BCUT2D eigenvalue weighted by Gasteiger charge is -2.47. The standard InChI is InChI=1S/C22H25NO5/c1-12(24)23-17-6-13-8-19(25-2)21(27-4)10-15(13)18(23)7-14-9-20(26-3)22(28-5)11-16(14)17/h8-11,17-18H,6-7H2,1-5H3/t17-,18+. The number of hydrogen-bond donors (Lipinski definition) is 0. The molecule has 0 aromatic heterocycles. The highest BCUT2D eigenvalue weighted by molar-refractivity contribution is 5.76. The van der Waals surface area contributed by atoms with E-state index in [-0.39, 0.29) is 18.0 Å². The van der Waals surface area contributed by atoms with Crippen molar-refractivity contribution in [1.82, 2.24) is 4.90 Å². The van der Waals surface area contributed by atoms with Crippen molar-refractivity contribution in [3.63, 3.8) is 0 Å². The summed E-state index contributed by atoms with van der Waals surface area (Å²) in [5.41, 5.74) is 4.60. The number of hydrogen-bond acceptors (Lipinski definition) is 5. The van der Waals surface area contributed by atoms with E-state index in [1.54, 1.807) is 35.4 Å². The lowest BCUT2D eigenvalue weighted by atomic mass is 9.76. The second-order valence-electron chi connectivity index (χ2n) is 7.18. The van der Waals surface area contributed by atoms with Crippen molar-refractivity contribution in [3.05, 3.63) is 46.5 Å². The minimum atomic E-state index is -0.0448. The lowest BCUT2D eigenvalue weighted by Crippen LogP contribution is -2.45. The Balaban J connectivity index is 1.89. The van der Waals surface area contributed by atoms with Crippen LogP contribution in [0.1, 0.15) is 41.3 Å². The molecule has 2 aromatic rings. The zero-order valence-corrected chi connectivity index (χ0v) is 16.9. The number of rotatable bonds is 4. The van der Waals surface area contributed by atoms with Gasteiger partial charge in [0.15, 0.2) is 23.0 Å². The molecule has 0 fully saturated rings. The third-order valence-electron chi connectivity index (χ3n) is 5.87. The van der Waals surface area contributed by atoms with E-state index < -0.39 is 0 Å². The molecule has 6 nitrogen and oxygen atoms in total. The Morgan fingerprint density at radius 1 is 0.750 bits per heavy atom. The van der Waals surface area contributed by atoms with E-state index in [2.05, 4.69) is 0 Å². The van der Waals surface area contributed by atoms with Gasteiger partial charge in [0.1, 0.15) is 0 Å². The number of fused-ring (bicyclic) bond motifs is 6. The van der Waals surface area contributed by atoms with Crippen molar-refractivity contribution in [3.8, 4) is 23.0 Å². The average molecular weight is 383 g/mol. The molecule has 2 aliphatic rings. The van der Waals surface area contributed by atoms with Gasteiger partial charge in [0.25, 0.3) is 0 Å². The van der Waals surface area contributed by atoms with Gasteiger partial charge >= 0.3 is 0 Å². The molecule has 4 rings (SSSR count). The van der Waals surface area contributed by atoms with E-state index in [1.165, 1.54) is 11.1 Å². The third-order valence-corrected chi connectivity index (χ3v) is 5.87. The highest BCUT2D eigenvalue weighted by Crippen LogP contribution is 2.51. The summed E-state index contributed by atoms with van der Waals surface area (Å²) in [5.74, 6) is 2.85. The first-order valence-corrected chi connectivity index (χ1v) is 9.30. The quantitative estimate of drug-likeness (QED) is 0.809. The zero-order valence-electron chi connectivity index (χ0n) is 16.9. The van der Waals surface area contributed by atoms with Crippen LogP contribution < -0.4 is 18.9 Å². The SMILES string of the molecule is COc1cc2c(cc1OC)[C@H]1Cc3cc(OC)c(OC)cc3[C@H](C2)N1C(C)=O. The number of methoxy groups -OCH3 is 4. The van der Waals surface area contributed by atoms with Gasteiger partial charge in [-0.25, -0.2) is 0 Å². The zero-order chi connectivity index (χ0) is 20.0. The first-order chi connectivity index (χ1) is 13.5. The Kier molecular flexibility index (Phi) is 4.57. The number of nitrogens with zero attached hydrogens (tertiary/aromatic N) is 1. The molecule has 2 atom stereocenters. The highest BCUT2D eigenvalue weighted by atomic mass is 16.5. The van der Waals surface area contributed by atoms with Gasteiger partial charge < -0.3 is 23.8 Å². The molecule has 2 aliphatic heterocycles. The Labute approximate surface area is 165 Å². The van der Waals surface area contributed by atoms with Crippen LogP contribution in [0.4, 0.5) is 0 Å². The summed E-state index contributed by atoms with van der Waals surface area (Å²) >= 11 is 0. The molecule has 0 saturated heterocycles. The van der Waals surface area contributed by atoms with Gasteiger partial charge in [0.2, 0.25) is 5.91 Å². The van der Waals surface area contributed by atoms with Crippen LogP contribution in [0.2, 0.25) is 0 Å². The van der Waals surface area contributed by atoms with Crippen molar-refractivity contribution < 1.29 is 23.7 Å². The van der Waals surface area contributed by atoms with Crippen LogP contribution in [0.3, 0.4) is 0 Å². The van der Waals surface area contributed by atoms with E-state index in [1.807, 2.05) is 29.2 Å². The van der Waals surface area contributed by atoms with Crippen molar-refractivity contribution >= 4 is 5.91 Å². The first-order valence-electron chi connectivity index (χ1n) is 9.30. The maximum atomic E-state index is 12.6. The number of carbonyl (C=O) groups is 1. The second kappa shape index (κ2) is 6.93. The predicted molar refractivity (Wildman–Crippen MR) is 105 cm³/mol. The molecule has 0 spiro atoms. The molecule has 6 heteroatoms. The molecule has 0 unspecified atom stereocenters. The first kappa shape index (κ1) is 18.5. The van der Waals surface area contributed by atoms with E-state index >= 15 is 0 Å². The van der Waals surface area contributed by atoms with Gasteiger partial charge in [-0.15, -0.1) is 0 Å². The van der Waals surface area contributed by atoms with Gasteiger partial charge in [-0.05, 0) is 59.4 Å². The fourth-order valence-electron chi connectivity index (χ4n) is 4.64. The summed E-state index contributed by atoms with van der Waals surface area (Å²) in [4.78, 5) is 14.6. The Morgan fingerprint density at radius 2 is 1.11 bits per heavy atom. The Morgan fingerprint density at radius 3 is 1.43 bits per heavy atom. The van der Waals surface area contributed by atoms with Crippen molar-refractivity contribution in [1.29, 1.82) is 0 Å². The lowest BCUT2D eigenvalue weighted by molar-refractivity contribution is -0.135. The minimum Gasteiger partial charge on any atom is -0.493 e. The van der Waals surface area contributed by atoms with Gasteiger partial charge in [0, 0.05) is 6.92 Å². The summed E-state index contributed by atoms with van der Waals surface area (Å²) in [6, 6.07) is 8.01. The van der Waals surface area contributed by atoms with Gasteiger partial charge in [0.05, 0.1) is 40.5 Å². The van der Waals surface area contributed by atoms with E-state index in [9.17, 15) is 4.79 Å². The summed E-state index contributed by atoms with van der Waals surface area (Å²) < 4.78 is 22.0. The van der Waals surface area contributed by atoms with E-state index in [4.69, 9.17) is 18.9 Å². The average Bonchev–Trinajstić information content (AvgIpc) is 2.71. The van der Waals surface area contributed by atoms with Crippen molar-refractivity contribution in [2.24, 2.45) is 0 Å². The summed E-state index contributed by atoms with van der Waals surface area (Å²) in [6.45, 7) is 1.64. The third kappa shape index (κ3) is 2.66. The van der Waals surface area contributed by atoms with Crippen LogP contribution in [0.25, 0.3) is 0 Å². The topological polar surface area (TPSA) is 57.2 Å². The number of ether oxygens (including phenoxy) is 4. The molecular formula is C22H25NO5. The predicted octanol–water partition coefficient (Wildman–Crippen LogP) is 3.46. The van der Waals surface area contributed by atoms with Gasteiger partial charge in [-0.2, -0.15) is 0 Å². The molecule has 0 saturated carbocycles. The Bertz CT molecular complexity index is 870. The van der Waals surface area contributed by atoms with Crippen LogP contribution in [0.5, 0.6) is 23.0 Å².